The average Bonchev–Trinajstić information content (AvgIpc) is 2.35. The first-order valence-electron chi connectivity index (χ1n) is 5.66. The van der Waals surface area contributed by atoms with Gasteiger partial charge in [0.15, 0.2) is 5.78 Å². The van der Waals surface area contributed by atoms with Gasteiger partial charge in [-0.05, 0) is 16.7 Å². The second kappa shape index (κ2) is 5.32. The lowest BCUT2D eigenvalue weighted by Gasteiger charge is -2.06. The number of benzene rings is 1. The number of carbonyl (C=O) groups is 1. The smallest absolute Gasteiger partial charge is 0.173 e. The number of pyridine rings is 1. The van der Waals surface area contributed by atoms with Crippen molar-refractivity contribution in [3.63, 3.8) is 0 Å². The number of thioether (sulfide) groups is 1. The number of aromatic nitrogens is 1. The normalized spacial score (nSPS) is 11.0. The zero-order valence-corrected chi connectivity index (χ0v) is 10.8. The molecule has 0 amide bonds. The van der Waals surface area contributed by atoms with Crippen LogP contribution in [-0.2, 0) is 0 Å². The Hall–Kier alpha value is -1.35. The van der Waals surface area contributed by atoms with Gasteiger partial charge in [-0.3, -0.25) is 9.78 Å². The fourth-order valence-electron chi connectivity index (χ4n) is 1.68. The Labute approximate surface area is 105 Å². The van der Waals surface area contributed by atoms with Crippen molar-refractivity contribution in [2.24, 2.45) is 0 Å². The van der Waals surface area contributed by atoms with E-state index in [4.69, 9.17) is 0 Å². The molecular weight excluding hydrogens is 230 g/mol. The highest BCUT2D eigenvalue weighted by Crippen LogP contribution is 2.20. The van der Waals surface area contributed by atoms with Gasteiger partial charge in [-0.15, -0.1) is 0 Å². The lowest BCUT2D eigenvalue weighted by molar-refractivity contribution is 0.102. The van der Waals surface area contributed by atoms with E-state index in [9.17, 15) is 4.79 Å². The Morgan fingerprint density at radius 3 is 2.94 bits per heavy atom. The second-order valence-corrected chi connectivity index (χ2v) is 5.75. The third-order valence-corrected chi connectivity index (χ3v) is 3.63. The molecule has 88 valence electrons. The number of hydrogen-bond donors (Lipinski definition) is 0. The van der Waals surface area contributed by atoms with Crippen LogP contribution in [0.2, 0.25) is 0 Å². The summed E-state index contributed by atoms with van der Waals surface area (Å²) in [4.78, 5) is 16.2. The first kappa shape index (κ1) is 12.1. The zero-order chi connectivity index (χ0) is 12.3. The Morgan fingerprint density at radius 1 is 1.35 bits per heavy atom. The van der Waals surface area contributed by atoms with Crippen molar-refractivity contribution in [2.45, 2.75) is 19.1 Å². The second-order valence-electron chi connectivity index (χ2n) is 4.19. The maximum atomic E-state index is 12.1. The molecule has 0 spiro atoms. The summed E-state index contributed by atoms with van der Waals surface area (Å²) in [6.45, 7) is 4.20. The van der Waals surface area contributed by atoms with E-state index in [0.29, 0.717) is 11.0 Å². The Kier molecular flexibility index (Phi) is 3.79. The molecule has 0 N–H and O–H groups in total. The summed E-state index contributed by atoms with van der Waals surface area (Å²) in [5, 5.41) is 2.50. The van der Waals surface area contributed by atoms with Gasteiger partial charge in [0.2, 0.25) is 0 Å². The summed E-state index contributed by atoms with van der Waals surface area (Å²) in [6.07, 6.45) is 3.52. The number of rotatable bonds is 4. The van der Waals surface area contributed by atoms with E-state index in [2.05, 4.69) is 18.8 Å². The van der Waals surface area contributed by atoms with Crippen molar-refractivity contribution >= 4 is 28.3 Å². The molecule has 2 nitrogen and oxygen atoms in total. The molecule has 0 aliphatic rings. The maximum Gasteiger partial charge on any atom is 0.173 e. The van der Waals surface area contributed by atoms with Crippen molar-refractivity contribution in [1.29, 1.82) is 0 Å². The van der Waals surface area contributed by atoms with Gasteiger partial charge < -0.3 is 0 Å². The molecule has 0 saturated heterocycles. The van der Waals surface area contributed by atoms with Crippen molar-refractivity contribution in [3.05, 3.63) is 42.2 Å². The van der Waals surface area contributed by atoms with Crippen LogP contribution in [0.25, 0.3) is 10.8 Å². The predicted octanol–water partition coefficient (Wildman–Crippen LogP) is 3.56. The van der Waals surface area contributed by atoms with Gasteiger partial charge in [-0.25, -0.2) is 0 Å². The van der Waals surface area contributed by atoms with Crippen LogP contribution in [0.15, 0.2) is 36.7 Å². The van der Waals surface area contributed by atoms with Gasteiger partial charge in [-0.2, -0.15) is 11.8 Å². The molecule has 0 radical (unpaired) electrons. The molecular formula is C14H15NOS. The molecule has 1 aromatic heterocycles. The van der Waals surface area contributed by atoms with E-state index in [-0.39, 0.29) is 5.78 Å². The number of nitrogens with zero attached hydrogens (tertiary/aromatic N) is 1. The monoisotopic (exact) mass is 245 g/mol. The molecule has 2 aromatic rings. The van der Waals surface area contributed by atoms with Crippen LogP contribution in [-0.4, -0.2) is 21.8 Å². The quantitative estimate of drug-likeness (QED) is 0.771. The molecule has 3 heteroatoms. The van der Waals surface area contributed by atoms with Crippen molar-refractivity contribution in [1.82, 2.24) is 4.98 Å². The lowest BCUT2D eigenvalue weighted by atomic mass is 10.0. The Balaban J connectivity index is 2.32. The highest BCUT2D eigenvalue weighted by molar-refractivity contribution is 8.00. The van der Waals surface area contributed by atoms with E-state index in [1.165, 1.54) is 0 Å². The maximum absolute atomic E-state index is 12.1. The van der Waals surface area contributed by atoms with Crippen LogP contribution in [0, 0.1) is 0 Å². The average molecular weight is 245 g/mol. The van der Waals surface area contributed by atoms with Gasteiger partial charge in [0.05, 0.1) is 5.75 Å². The molecule has 1 heterocycles. The van der Waals surface area contributed by atoms with Crippen LogP contribution < -0.4 is 0 Å². The van der Waals surface area contributed by atoms with Gasteiger partial charge in [0.25, 0.3) is 0 Å². The molecule has 1 aromatic carbocycles. The summed E-state index contributed by atoms with van der Waals surface area (Å²) >= 11 is 1.67. The first-order chi connectivity index (χ1) is 8.18. The molecule has 0 aliphatic carbocycles. The van der Waals surface area contributed by atoms with Crippen LogP contribution in [0.1, 0.15) is 24.2 Å². The topological polar surface area (TPSA) is 30.0 Å². The van der Waals surface area contributed by atoms with Gasteiger partial charge in [0, 0.05) is 23.3 Å². The Bertz CT molecular complexity index is 531. The molecule has 0 atom stereocenters. The summed E-state index contributed by atoms with van der Waals surface area (Å²) in [5.41, 5.74) is 0.781. The van der Waals surface area contributed by atoms with E-state index in [0.717, 1.165) is 16.3 Å². The molecule has 0 fully saturated rings. The van der Waals surface area contributed by atoms with Gasteiger partial charge >= 0.3 is 0 Å². The molecule has 0 saturated carbocycles. The van der Waals surface area contributed by atoms with Crippen LogP contribution in [0.4, 0.5) is 0 Å². The minimum atomic E-state index is 0.183. The summed E-state index contributed by atoms with van der Waals surface area (Å²) < 4.78 is 0. The van der Waals surface area contributed by atoms with E-state index in [1.54, 1.807) is 24.2 Å². The van der Waals surface area contributed by atoms with Crippen molar-refractivity contribution < 1.29 is 4.79 Å². The first-order valence-corrected chi connectivity index (χ1v) is 6.71. The zero-order valence-electron chi connectivity index (χ0n) is 10.0. The van der Waals surface area contributed by atoms with E-state index >= 15 is 0 Å². The third-order valence-electron chi connectivity index (χ3n) is 2.53. The molecule has 0 unspecified atom stereocenters. The molecule has 0 aliphatic heterocycles. The summed E-state index contributed by atoms with van der Waals surface area (Å²) in [5.74, 6) is 0.716. The number of hydrogen-bond acceptors (Lipinski definition) is 3. The van der Waals surface area contributed by atoms with Crippen LogP contribution >= 0.6 is 11.8 Å². The SMILES string of the molecule is CC(C)SCC(=O)c1cccc2ccncc12. The predicted molar refractivity (Wildman–Crippen MR) is 73.7 cm³/mol. The molecule has 17 heavy (non-hydrogen) atoms. The van der Waals surface area contributed by atoms with E-state index in [1.807, 2.05) is 24.3 Å². The third kappa shape index (κ3) is 2.86. The van der Waals surface area contributed by atoms with Crippen molar-refractivity contribution in [3.8, 4) is 0 Å². The number of ketones is 1. The van der Waals surface area contributed by atoms with Crippen molar-refractivity contribution in [2.75, 3.05) is 5.75 Å². The fourth-order valence-corrected chi connectivity index (χ4v) is 2.32. The minimum absolute atomic E-state index is 0.183. The number of Topliss-reactive ketones (excluding diaryl/α,β-unsaturated/α-hetero) is 1. The van der Waals surface area contributed by atoms with E-state index < -0.39 is 0 Å². The molecule has 2 rings (SSSR count). The standard InChI is InChI=1S/C14H15NOS/c1-10(2)17-9-14(16)12-5-3-4-11-6-7-15-8-13(11)12/h3-8,10H,9H2,1-2H3. The number of fused-ring (bicyclic) bond motifs is 1. The lowest BCUT2D eigenvalue weighted by Crippen LogP contribution is -2.05. The summed E-state index contributed by atoms with van der Waals surface area (Å²) in [6, 6.07) is 7.74. The highest BCUT2D eigenvalue weighted by atomic mass is 32.2. The van der Waals surface area contributed by atoms with Gasteiger partial charge in [-0.1, -0.05) is 32.0 Å². The van der Waals surface area contributed by atoms with Crippen LogP contribution in [0.5, 0.6) is 0 Å². The number of carbonyl (C=O) groups excluding carboxylic acids is 1. The van der Waals surface area contributed by atoms with Crippen LogP contribution in [0.3, 0.4) is 0 Å². The minimum Gasteiger partial charge on any atom is -0.293 e. The Morgan fingerprint density at radius 2 is 2.18 bits per heavy atom. The highest BCUT2D eigenvalue weighted by Gasteiger charge is 2.10. The fraction of sp³-hybridized carbons (Fsp3) is 0.286. The molecule has 0 bridgehead atoms. The van der Waals surface area contributed by atoms with Gasteiger partial charge in [0.1, 0.15) is 0 Å². The largest absolute Gasteiger partial charge is 0.293 e. The summed E-state index contributed by atoms with van der Waals surface area (Å²) in [7, 11) is 0.